The number of fused-ring (bicyclic) bond motifs is 1. The third-order valence-electron chi connectivity index (χ3n) is 2.99. The normalized spacial score (nSPS) is 14.0. The smallest absolute Gasteiger partial charge is 0.237 e. The first-order chi connectivity index (χ1) is 9.11. The highest BCUT2D eigenvalue weighted by Gasteiger charge is 2.17. The second-order valence-electron chi connectivity index (χ2n) is 4.52. The largest absolute Gasteiger partial charge is 0.361 e. The van der Waals surface area contributed by atoms with Gasteiger partial charge in [0.2, 0.25) is 12.2 Å². The average Bonchev–Trinajstić information content (AvgIpc) is 2.82. The molecule has 2 rings (SSSR count). The first kappa shape index (κ1) is 13.3. The van der Waals surface area contributed by atoms with Crippen molar-refractivity contribution in [2.75, 3.05) is 0 Å². The van der Waals surface area contributed by atoms with E-state index in [1.807, 2.05) is 30.5 Å². The number of nitrogens with one attached hydrogen (secondary N) is 2. The molecular formula is C14H16N3O2. The number of aromatic nitrogens is 1. The van der Waals surface area contributed by atoms with Crippen LogP contribution in [0.15, 0.2) is 30.5 Å². The molecule has 0 bridgehead atoms. The number of rotatable bonds is 5. The summed E-state index contributed by atoms with van der Waals surface area (Å²) in [5.74, 6) is -0.346. The second-order valence-corrected chi connectivity index (χ2v) is 4.52. The molecule has 0 fully saturated rings. The van der Waals surface area contributed by atoms with E-state index in [1.54, 1.807) is 13.2 Å². The summed E-state index contributed by atoms with van der Waals surface area (Å²) in [6, 6.07) is 6.50. The lowest BCUT2D eigenvalue weighted by atomic mass is 10.0. The van der Waals surface area contributed by atoms with Crippen LogP contribution in [-0.4, -0.2) is 29.3 Å². The predicted octanol–water partition coefficient (Wildman–Crippen LogP) is 0.652. The molecule has 0 aliphatic carbocycles. The van der Waals surface area contributed by atoms with Gasteiger partial charge in [-0.05, 0) is 25.0 Å². The van der Waals surface area contributed by atoms with Crippen LogP contribution < -0.4 is 11.1 Å². The molecule has 1 aromatic heterocycles. The van der Waals surface area contributed by atoms with Crippen molar-refractivity contribution < 1.29 is 9.59 Å². The number of carbonyl (C=O) groups excluding carboxylic acids is 2. The van der Waals surface area contributed by atoms with Gasteiger partial charge in [-0.1, -0.05) is 18.2 Å². The molecule has 0 aliphatic heterocycles. The van der Waals surface area contributed by atoms with Crippen LogP contribution in [0.1, 0.15) is 12.5 Å². The molecule has 5 heteroatoms. The van der Waals surface area contributed by atoms with Crippen molar-refractivity contribution >= 4 is 23.1 Å². The summed E-state index contributed by atoms with van der Waals surface area (Å²) in [4.78, 5) is 25.3. The number of benzene rings is 1. The molecule has 0 aliphatic rings. The van der Waals surface area contributed by atoms with Gasteiger partial charge in [0.05, 0.1) is 12.1 Å². The molecule has 0 saturated heterocycles. The van der Waals surface area contributed by atoms with Crippen LogP contribution in [0, 0.1) is 0 Å². The molecule has 2 atom stereocenters. The third-order valence-corrected chi connectivity index (χ3v) is 2.99. The second kappa shape index (κ2) is 5.67. The zero-order valence-electron chi connectivity index (χ0n) is 10.6. The maximum Gasteiger partial charge on any atom is 0.237 e. The van der Waals surface area contributed by atoms with Gasteiger partial charge < -0.3 is 16.0 Å². The number of amides is 1. The lowest BCUT2D eigenvalue weighted by molar-refractivity contribution is -0.122. The maximum absolute atomic E-state index is 11.7. The molecule has 0 saturated carbocycles. The Morgan fingerprint density at radius 3 is 2.95 bits per heavy atom. The molecule has 99 valence electrons. The number of carbonyl (C=O) groups is 1. The fraction of sp³-hybridized carbons (Fsp3) is 0.286. The van der Waals surface area contributed by atoms with Gasteiger partial charge in [0.15, 0.2) is 0 Å². The molecule has 2 unspecified atom stereocenters. The zero-order chi connectivity index (χ0) is 13.8. The molecule has 1 aromatic carbocycles. The molecule has 19 heavy (non-hydrogen) atoms. The van der Waals surface area contributed by atoms with E-state index >= 15 is 0 Å². The number of hydrogen-bond donors (Lipinski definition) is 3. The summed E-state index contributed by atoms with van der Waals surface area (Å²) in [5.41, 5.74) is 7.85. The van der Waals surface area contributed by atoms with Crippen LogP contribution in [0.25, 0.3) is 10.9 Å². The lowest BCUT2D eigenvalue weighted by Gasteiger charge is -2.13. The Balaban J connectivity index is 2.08. The van der Waals surface area contributed by atoms with Crippen LogP contribution in [0.2, 0.25) is 0 Å². The Hall–Kier alpha value is -2.14. The summed E-state index contributed by atoms with van der Waals surface area (Å²) in [6.45, 7) is 1.56. The highest BCUT2D eigenvalue weighted by Crippen LogP contribution is 2.18. The predicted molar refractivity (Wildman–Crippen MR) is 73.3 cm³/mol. The van der Waals surface area contributed by atoms with Crippen molar-refractivity contribution in [2.45, 2.75) is 25.4 Å². The summed E-state index contributed by atoms with van der Waals surface area (Å²) < 4.78 is 0. The minimum atomic E-state index is -0.685. The highest BCUT2D eigenvalue weighted by atomic mass is 16.2. The number of nitrogens with two attached hydrogens (primary N) is 1. The highest BCUT2D eigenvalue weighted by molar-refractivity contribution is 5.87. The topological polar surface area (TPSA) is 88.0 Å². The van der Waals surface area contributed by atoms with Crippen LogP contribution in [-0.2, 0) is 16.0 Å². The van der Waals surface area contributed by atoms with E-state index in [-0.39, 0.29) is 5.91 Å². The van der Waals surface area contributed by atoms with E-state index in [0.29, 0.717) is 6.42 Å². The van der Waals surface area contributed by atoms with Crippen molar-refractivity contribution in [1.82, 2.24) is 10.3 Å². The van der Waals surface area contributed by atoms with E-state index in [0.717, 1.165) is 16.5 Å². The lowest BCUT2D eigenvalue weighted by Crippen LogP contribution is -2.45. The van der Waals surface area contributed by atoms with Crippen LogP contribution in [0.3, 0.4) is 0 Å². The Morgan fingerprint density at radius 2 is 2.21 bits per heavy atom. The maximum atomic E-state index is 11.7. The minimum absolute atomic E-state index is 0.346. The van der Waals surface area contributed by atoms with E-state index in [9.17, 15) is 9.59 Å². The van der Waals surface area contributed by atoms with Gasteiger partial charge >= 0.3 is 0 Å². The van der Waals surface area contributed by atoms with Crippen LogP contribution in [0.5, 0.6) is 0 Å². The summed E-state index contributed by atoms with van der Waals surface area (Å²) in [5, 5.41) is 3.55. The molecule has 1 radical (unpaired) electrons. The van der Waals surface area contributed by atoms with Gasteiger partial charge in [-0.15, -0.1) is 0 Å². The van der Waals surface area contributed by atoms with E-state index < -0.39 is 12.1 Å². The van der Waals surface area contributed by atoms with Crippen molar-refractivity contribution in [1.29, 1.82) is 0 Å². The molecule has 4 N–H and O–H groups in total. The Kier molecular flexibility index (Phi) is 3.97. The minimum Gasteiger partial charge on any atom is -0.361 e. The monoisotopic (exact) mass is 258 g/mol. The Morgan fingerprint density at radius 1 is 1.47 bits per heavy atom. The Labute approximate surface area is 111 Å². The number of aromatic amines is 1. The number of para-hydroxylation sites is 1. The van der Waals surface area contributed by atoms with Crippen LogP contribution in [0.4, 0.5) is 0 Å². The summed E-state index contributed by atoms with van der Waals surface area (Å²) >= 11 is 0. The van der Waals surface area contributed by atoms with Gasteiger partial charge in [-0.25, -0.2) is 0 Å². The van der Waals surface area contributed by atoms with Gasteiger partial charge in [0.25, 0.3) is 0 Å². The molecule has 5 nitrogen and oxygen atoms in total. The molecule has 0 spiro atoms. The first-order valence-electron chi connectivity index (χ1n) is 6.10. The summed E-state index contributed by atoms with van der Waals surface area (Å²) in [6.07, 6.45) is 3.97. The Bertz CT molecular complexity index is 591. The SMILES string of the molecule is CC([C]=O)NC(=O)C(N)Cc1c[nH]c2ccccc12. The number of H-pyrrole nitrogens is 1. The van der Waals surface area contributed by atoms with Crippen molar-refractivity contribution in [3.05, 3.63) is 36.0 Å². The fourth-order valence-electron chi connectivity index (χ4n) is 1.98. The third kappa shape index (κ3) is 3.00. The van der Waals surface area contributed by atoms with E-state index in [2.05, 4.69) is 10.3 Å². The van der Waals surface area contributed by atoms with E-state index in [4.69, 9.17) is 5.73 Å². The quantitative estimate of drug-likeness (QED) is 0.736. The fourth-order valence-corrected chi connectivity index (χ4v) is 1.98. The average molecular weight is 258 g/mol. The van der Waals surface area contributed by atoms with Gasteiger partial charge in [0.1, 0.15) is 0 Å². The van der Waals surface area contributed by atoms with E-state index in [1.165, 1.54) is 0 Å². The molecule has 1 heterocycles. The molecular weight excluding hydrogens is 242 g/mol. The first-order valence-corrected chi connectivity index (χ1v) is 6.10. The van der Waals surface area contributed by atoms with Crippen molar-refractivity contribution in [3.8, 4) is 0 Å². The standard InChI is InChI=1S/C14H16N3O2/c1-9(8-18)17-14(19)12(15)6-10-7-16-13-5-3-2-4-11(10)13/h2-5,7,9,12,16H,6,15H2,1H3,(H,17,19). The molecule has 2 aromatic rings. The zero-order valence-corrected chi connectivity index (χ0v) is 10.6. The van der Waals surface area contributed by atoms with Crippen molar-refractivity contribution in [3.63, 3.8) is 0 Å². The van der Waals surface area contributed by atoms with Crippen molar-refractivity contribution in [2.24, 2.45) is 5.73 Å². The van der Waals surface area contributed by atoms with Gasteiger partial charge in [-0.3, -0.25) is 9.59 Å². The van der Waals surface area contributed by atoms with Gasteiger partial charge in [0, 0.05) is 17.1 Å². The number of hydrogen-bond acceptors (Lipinski definition) is 3. The summed E-state index contributed by atoms with van der Waals surface area (Å²) in [7, 11) is 0. The van der Waals surface area contributed by atoms with Gasteiger partial charge in [-0.2, -0.15) is 0 Å². The molecule has 1 amide bonds. The van der Waals surface area contributed by atoms with Crippen LogP contribution >= 0.6 is 0 Å².